The Bertz CT molecular complexity index is 780. The summed E-state index contributed by atoms with van der Waals surface area (Å²) in [5, 5.41) is 3.62. The van der Waals surface area contributed by atoms with Crippen molar-refractivity contribution in [3.05, 3.63) is 51.9 Å². The number of rotatable bonds is 6. The SMILES string of the molecule is CC(C)OC(=O)c1c(NC(=O)CCc2ccccc2)sc2c1CCCC2. The Morgan fingerprint density at radius 2 is 1.88 bits per heavy atom. The van der Waals surface area contributed by atoms with Crippen molar-refractivity contribution in [3.8, 4) is 0 Å². The zero-order chi connectivity index (χ0) is 18.5. The molecule has 138 valence electrons. The van der Waals surface area contributed by atoms with Crippen LogP contribution in [0, 0.1) is 0 Å². The van der Waals surface area contributed by atoms with Crippen molar-refractivity contribution in [3.63, 3.8) is 0 Å². The number of hydrogen-bond donors (Lipinski definition) is 1. The van der Waals surface area contributed by atoms with E-state index in [2.05, 4.69) is 5.32 Å². The maximum absolute atomic E-state index is 12.6. The fraction of sp³-hybridized carbons (Fsp3) is 0.429. The number of nitrogens with one attached hydrogen (secondary N) is 1. The van der Waals surface area contributed by atoms with Gasteiger partial charge in [-0.25, -0.2) is 4.79 Å². The van der Waals surface area contributed by atoms with Gasteiger partial charge in [-0.3, -0.25) is 4.79 Å². The molecule has 26 heavy (non-hydrogen) atoms. The van der Waals surface area contributed by atoms with Gasteiger partial charge in [-0.2, -0.15) is 0 Å². The predicted octanol–water partition coefficient (Wildman–Crippen LogP) is 4.76. The number of anilines is 1. The van der Waals surface area contributed by atoms with Gasteiger partial charge in [0, 0.05) is 11.3 Å². The van der Waals surface area contributed by atoms with E-state index < -0.39 is 0 Å². The Morgan fingerprint density at radius 3 is 2.62 bits per heavy atom. The van der Waals surface area contributed by atoms with E-state index in [0.29, 0.717) is 23.4 Å². The zero-order valence-corrected chi connectivity index (χ0v) is 16.2. The number of fused-ring (bicyclic) bond motifs is 1. The van der Waals surface area contributed by atoms with Crippen LogP contribution in [-0.4, -0.2) is 18.0 Å². The molecule has 0 bridgehead atoms. The fourth-order valence-corrected chi connectivity index (χ4v) is 4.53. The minimum absolute atomic E-state index is 0.0638. The molecule has 1 amide bonds. The Kier molecular flexibility index (Phi) is 6.09. The predicted molar refractivity (Wildman–Crippen MR) is 105 cm³/mol. The number of hydrogen-bond acceptors (Lipinski definition) is 4. The van der Waals surface area contributed by atoms with E-state index in [9.17, 15) is 9.59 Å². The van der Waals surface area contributed by atoms with Crippen LogP contribution in [0.15, 0.2) is 30.3 Å². The second kappa shape index (κ2) is 8.49. The van der Waals surface area contributed by atoms with Gasteiger partial charge in [0.15, 0.2) is 0 Å². The first-order valence-electron chi connectivity index (χ1n) is 9.24. The Balaban J connectivity index is 1.74. The van der Waals surface area contributed by atoms with Crippen LogP contribution in [0.4, 0.5) is 5.00 Å². The molecule has 1 aromatic carbocycles. The van der Waals surface area contributed by atoms with Crippen molar-refractivity contribution < 1.29 is 14.3 Å². The third-order valence-electron chi connectivity index (χ3n) is 4.45. The van der Waals surface area contributed by atoms with Gasteiger partial charge in [0.25, 0.3) is 0 Å². The maximum Gasteiger partial charge on any atom is 0.341 e. The van der Waals surface area contributed by atoms with E-state index >= 15 is 0 Å². The first kappa shape index (κ1) is 18.6. The molecule has 1 heterocycles. The van der Waals surface area contributed by atoms with Crippen LogP contribution >= 0.6 is 11.3 Å². The number of thiophene rings is 1. The summed E-state index contributed by atoms with van der Waals surface area (Å²) in [6.45, 7) is 3.68. The summed E-state index contributed by atoms with van der Waals surface area (Å²) in [6, 6.07) is 9.94. The van der Waals surface area contributed by atoms with E-state index in [0.717, 1.165) is 36.8 Å². The van der Waals surface area contributed by atoms with Gasteiger partial charge in [-0.15, -0.1) is 11.3 Å². The average molecular weight is 372 g/mol. The van der Waals surface area contributed by atoms with Gasteiger partial charge in [-0.05, 0) is 57.1 Å². The summed E-state index contributed by atoms with van der Waals surface area (Å²) in [6.07, 6.45) is 4.97. The van der Waals surface area contributed by atoms with Gasteiger partial charge < -0.3 is 10.1 Å². The second-order valence-electron chi connectivity index (χ2n) is 6.90. The first-order valence-corrected chi connectivity index (χ1v) is 10.1. The van der Waals surface area contributed by atoms with Crippen LogP contribution < -0.4 is 5.32 Å². The van der Waals surface area contributed by atoms with E-state index in [1.165, 1.54) is 16.2 Å². The van der Waals surface area contributed by atoms with Crippen LogP contribution in [0.3, 0.4) is 0 Å². The molecule has 0 radical (unpaired) electrons. The highest BCUT2D eigenvalue weighted by molar-refractivity contribution is 7.17. The number of carbonyl (C=O) groups is 2. The second-order valence-corrected chi connectivity index (χ2v) is 8.01. The van der Waals surface area contributed by atoms with Crippen LogP contribution in [0.2, 0.25) is 0 Å². The van der Waals surface area contributed by atoms with Crippen LogP contribution in [0.25, 0.3) is 0 Å². The number of aryl methyl sites for hydroxylation is 2. The lowest BCUT2D eigenvalue weighted by molar-refractivity contribution is -0.116. The number of carbonyl (C=O) groups excluding carboxylic acids is 2. The molecule has 0 aliphatic heterocycles. The quantitative estimate of drug-likeness (QED) is 0.745. The van der Waals surface area contributed by atoms with Crippen molar-refractivity contribution in [1.29, 1.82) is 0 Å². The fourth-order valence-electron chi connectivity index (χ4n) is 3.23. The van der Waals surface area contributed by atoms with Gasteiger partial charge in [0.2, 0.25) is 5.91 Å². The largest absolute Gasteiger partial charge is 0.459 e. The number of amides is 1. The molecule has 0 fully saturated rings. The lowest BCUT2D eigenvalue weighted by atomic mass is 9.95. The van der Waals surface area contributed by atoms with E-state index in [4.69, 9.17) is 4.74 Å². The minimum Gasteiger partial charge on any atom is -0.459 e. The van der Waals surface area contributed by atoms with Gasteiger partial charge in [-0.1, -0.05) is 30.3 Å². The molecular formula is C21H25NO3S. The highest BCUT2D eigenvalue weighted by Gasteiger charge is 2.27. The summed E-state index contributed by atoms with van der Waals surface area (Å²) in [5.41, 5.74) is 2.78. The summed E-state index contributed by atoms with van der Waals surface area (Å²) in [7, 11) is 0. The molecule has 1 aromatic heterocycles. The Hall–Kier alpha value is -2.14. The molecule has 3 rings (SSSR count). The topological polar surface area (TPSA) is 55.4 Å². The van der Waals surface area contributed by atoms with Crippen LogP contribution in [-0.2, 0) is 28.8 Å². The van der Waals surface area contributed by atoms with Crippen LogP contribution in [0.5, 0.6) is 0 Å². The van der Waals surface area contributed by atoms with Crippen molar-refractivity contribution in [1.82, 2.24) is 0 Å². The van der Waals surface area contributed by atoms with Gasteiger partial charge in [0.05, 0.1) is 11.7 Å². The lowest BCUT2D eigenvalue weighted by Gasteiger charge is -2.14. The summed E-state index contributed by atoms with van der Waals surface area (Å²) in [4.78, 5) is 26.3. The lowest BCUT2D eigenvalue weighted by Crippen LogP contribution is -2.18. The summed E-state index contributed by atoms with van der Waals surface area (Å²) in [5.74, 6) is -0.385. The zero-order valence-electron chi connectivity index (χ0n) is 15.3. The highest BCUT2D eigenvalue weighted by Crippen LogP contribution is 2.38. The molecule has 1 aliphatic carbocycles. The van der Waals surface area contributed by atoms with Crippen LogP contribution in [0.1, 0.15) is 59.5 Å². The van der Waals surface area contributed by atoms with Crippen molar-refractivity contribution >= 4 is 28.2 Å². The van der Waals surface area contributed by atoms with E-state index in [1.54, 1.807) is 0 Å². The third-order valence-corrected chi connectivity index (χ3v) is 5.66. The monoisotopic (exact) mass is 371 g/mol. The highest BCUT2D eigenvalue weighted by atomic mass is 32.1. The third kappa shape index (κ3) is 4.52. The summed E-state index contributed by atoms with van der Waals surface area (Å²) < 4.78 is 5.43. The van der Waals surface area contributed by atoms with E-state index in [-0.39, 0.29) is 18.0 Å². The molecule has 1 N–H and O–H groups in total. The van der Waals surface area contributed by atoms with Gasteiger partial charge in [0.1, 0.15) is 5.00 Å². The molecule has 5 heteroatoms. The molecule has 0 saturated heterocycles. The normalized spacial score (nSPS) is 13.3. The molecule has 0 saturated carbocycles. The van der Waals surface area contributed by atoms with Gasteiger partial charge >= 0.3 is 5.97 Å². The van der Waals surface area contributed by atoms with Crippen molar-refractivity contribution in [2.24, 2.45) is 0 Å². The maximum atomic E-state index is 12.6. The molecule has 0 atom stereocenters. The Labute approximate surface area is 158 Å². The van der Waals surface area contributed by atoms with Crippen molar-refractivity contribution in [2.45, 2.75) is 58.5 Å². The molecule has 0 spiro atoms. The smallest absolute Gasteiger partial charge is 0.341 e. The molecule has 0 unspecified atom stereocenters. The first-order chi connectivity index (χ1) is 12.5. The van der Waals surface area contributed by atoms with Crippen molar-refractivity contribution in [2.75, 3.05) is 5.32 Å². The number of ether oxygens (including phenoxy) is 1. The average Bonchev–Trinajstić information content (AvgIpc) is 2.98. The Morgan fingerprint density at radius 1 is 1.15 bits per heavy atom. The molecule has 1 aliphatic rings. The molecular weight excluding hydrogens is 346 g/mol. The number of benzene rings is 1. The molecule has 2 aromatic rings. The van der Waals surface area contributed by atoms with E-state index in [1.807, 2.05) is 44.2 Å². The standard InChI is InChI=1S/C21H25NO3S/c1-14(2)25-21(24)19-16-10-6-7-11-17(16)26-20(19)22-18(23)13-12-15-8-4-3-5-9-15/h3-5,8-9,14H,6-7,10-13H2,1-2H3,(H,22,23). The summed E-state index contributed by atoms with van der Waals surface area (Å²) >= 11 is 1.53. The number of esters is 1. The minimum atomic E-state index is -0.322. The molecule has 4 nitrogen and oxygen atoms in total.